The summed E-state index contributed by atoms with van der Waals surface area (Å²) in [5.74, 6) is 0.300. The predicted molar refractivity (Wildman–Crippen MR) is 69.0 cm³/mol. The molecule has 1 aliphatic rings. The summed E-state index contributed by atoms with van der Waals surface area (Å²) in [5.41, 5.74) is 1.29. The Morgan fingerprint density at radius 2 is 1.53 bits per heavy atom. The van der Waals surface area contributed by atoms with Crippen LogP contribution in [0.4, 0.5) is 0 Å². The van der Waals surface area contributed by atoms with Crippen LogP contribution in [-0.4, -0.2) is 19.5 Å². The van der Waals surface area contributed by atoms with Crippen LogP contribution < -0.4 is 0 Å². The van der Waals surface area contributed by atoms with Crippen LogP contribution >= 0.6 is 0 Å². The summed E-state index contributed by atoms with van der Waals surface area (Å²) < 4.78 is 11.7. The van der Waals surface area contributed by atoms with Gasteiger partial charge in [-0.05, 0) is 18.4 Å². The van der Waals surface area contributed by atoms with Crippen molar-refractivity contribution in [3.05, 3.63) is 35.9 Å². The molecule has 1 heterocycles. The van der Waals surface area contributed by atoms with Gasteiger partial charge in [-0.1, -0.05) is 50.1 Å². The van der Waals surface area contributed by atoms with E-state index >= 15 is 0 Å². The molecule has 1 unspecified atom stereocenters. The Hall–Kier alpha value is -0.860. The van der Waals surface area contributed by atoms with Crippen molar-refractivity contribution < 1.29 is 9.47 Å². The standard InChI is InChI=1S/C15H22O2/c1-13(14-9-5-4-6-10-14)15-16-11-7-2-3-8-12-17-15/h4-6,9-10,13,15H,2-3,7-8,11-12H2,1H3. The minimum absolute atomic E-state index is 0.0875. The second kappa shape index (κ2) is 6.77. The minimum atomic E-state index is -0.0875. The van der Waals surface area contributed by atoms with E-state index in [-0.39, 0.29) is 6.29 Å². The fourth-order valence-electron chi connectivity index (χ4n) is 2.21. The van der Waals surface area contributed by atoms with Crippen LogP contribution in [0.1, 0.15) is 44.1 Å². The van der Waals surface area contributed by atoms with Gasteiger partial charge < -0.3 is 9.47 Å². The average Bonchev–Trinajstić information content (AvgIpc) is 2.52. The van der Waals surface area contributed by atoms with E-state index in [0.717, 1.165) is 26.1 Å². The summed E-state index contributed by atoms with van der Waals surface area (Å²) in [7, 11) is 0. The molecule has 0 aromatic heterocycles. The first-order chi connectivity index (χ1) is 8.38. The van der Waals surface area contributed by atoms with Gasteiger partial charge in [0.05, 0.1) is 0 Å². The Morgan fingerprint density at radius 3 is 2.12 bits per heavy atom. The molecule has 2 heteroatoms. The van der Waals surface area contributed by atoms with Gasteiger partial charge in [-0.2, -0.15) is 0 Å². The minimum Gasteiger partial charge on any atom is -0.352 e. The monoisotopic (exact) mass is 234 g/mol. The summed E-state index contributed by atoms with van der Waals surface area (Å²) in [5, 5.41) is 0. The molecule has 94 valence electrons. The molecule has 1 aromatic carbocycles. The zero-order valence-corrected chi connectivity index (χ0v) is 10.6. The van der Waals surface area contributed by atoms with Crippen LogP contribution in [0.15, 0.2) is 30.3 Å². The van der Waals surface area contributed by atoms with Gasteiger partial charge in [0.15, 0.2) is 6.29 Å². The topological polar surface area (TPSA) is 18.5 Å². The summed E-state index contributed by atoms with van der Waals surface area (Å²) >= 11 is 0. The van der Waals surface area contributed by atoms with E-state index in [4.69, 9.17) is 9.47 Å². The molecule has 0 bridgehead atoms. The van der Waals surface area contributed by atoms with Gasteiger partial charge in [0, 0.05) is 19.1 Å². The Balaban J connectivity index is 1.98. The number of rotatable bonds is 2. The molecule has 0 amide bonds. The molecular formula is C15H22O2. The highest BCUT2D eigenvalue weighted by Crippen LogP contribution is 2.23. The molecule has 1 atom stereocenters. The lowest BCUT2D eigenvalue weighted by atomic mass is 10.0. The molecular weight excluding hydrogens is 212 g/mol. The van der Waals surface area contributed by atoms with Crippen molar-refractivity contribution in [1.29, 1.82) is 0 Å². The molecule has 2 nitrogen and oxygen atoms in total. The third-order valence-electron chi connectivity index (χ3n) is 3.34. The highest BCUT2D eigenvalue weighted by atomic mass is 16.7. The fraction of sp³-hybridized carbons (Fsp3) is 0.600. The lowest BCUT2D eigenvalue weighted by Gasteiger charge is -2.24. The van der Waals surface area contributed by atoms with Gasteiger partial charge in [-0.3, -0.25) is 0 Å². The van der Waals surface area contributed by atoms with Gasteiger partial charge >= 0.3 is 0 Å². The number of hydrogen-bond donors (Lipinski definition) is 0. The SMILES string of the molecule is CC(c1ccccc1)C1OCCCCCCO1. The van der Waals surface area contributed by atoms with Gasteiger partial charge in [0.2, 0.25) is 0 Å². The molecule has 0 saturated carbocycles. The quantitative estimate of drug-likeness (QED) is 0.776. The van der Waals surface area contributed by atoms with Crippen molar-refractivity contribution >= 4 is 0 Å². The van der Waals surface area contributed by atoms with E-state index in [2.05, 4.69) is 31.2 Å². The molecule has 0 radical (unpaired) electrons. The molecule has 2 rings (SSSR count). The van der Waals surface area contributed by atoms with Crippen molar-refractivity contribution in [2.75, 3.05) is 13.2 Å². The van der Waals surface area contributed by atoms with Gasteiger partial charge in [-0.15, -0.1) is 0 Å². The number of benzene rings is 1. The van der Waals surface area contributed by atoms with E-state index in [0.29, 0.717) is 5.92 Å². The van der Waals surface area contributed by atoms with Crippen LogP contribution in [0, 0.1) is 0 Å². The highest BCUT2D eigenvalue weighted by Gasteiger charge is 2.20. The fourth-order valence-corrected chi connectivity index (χ4v) is 2.21. The zero-order chi connectivity index (χ0) is 11.9. The number of ether oxygens (including phenoxy) is 2. The van der Waals surface area contributed by atoms with E-state index in [1.54, 1.807) is 0 Å². The maximum absolute atomic E-state index is 5.86. The Morgan fingerprint density at radius 1 is 0.941 bits per heavy atom. The van der Waals surface area contributed by atoms with E-state index in [1.165, 1.54) is 18.4 Å². The second-order valence-corrected chi connectivity index (χ2v) is 4.72. The van der Waals surface area contributed by atoms with Crippen LogP contribution in [0.3, 0.4) is 0 Å². The Labute approximate surface area is 104 Å². The third-order valence-corrected chi connectivity index (χ3v) is 3.34. The summed E-state index contributed by atoms with van der Waals surface area (Å²) in [6.45, 7) is 3.82. The van der Waals surface area contributed by atoms with Crippen molar-refractivity contribution in [2.24, 2.45) is 0 Å². The lowest BCUT2D eigenvalue weighted by molar-refractivity contribution is -0.151. The first-order valence-corrected chi connectivity index (χ1v) is 6.66. The van der Waals surface area contributed by atoms with Crippen molar-refractivity contribution in [3.63, 3.8) is 0 Å². The molecule has 17 heavy (non-hydrogen) atoms. The second-order valence-electron chi connectivity index (χ2n) is 4.72. The molecule has 1 saturated heterocycles. The Bertz CT molecular complexity index is 300. The summed E-state index contributed by atoms with van der Waals surface area (Å²) in [6.07, 6.45) is 4.74. The highest BCUT2D eigenvalue weighted by molar-refractivity contribution is 5.19. The predicted octanol–water partition coefficient (Wildman–Crippen LogP) is 3.72. The lowest BCUT2D eigenvalue weighted by Crippen LogP contribution is -2.24. The first-order valence-electron chi connectivity index (χ1n) is 6.66. The van der Waals surface area contributed by atoms with E-state index in [1.807, 2.05) is 6.07 Å². The molecule has 0 aliphatic carbocycles. The normalized spacial score (nSPS) is 21.2. The smallest absolute Gasteiger partial charge is 0.164 e. The third kappa shape index (κ3) is 3.83. The van der Waals surface area contributed by atoms with Crippen LogP contribution in [0.2, 0.25) is 0 Å². The van der Waals surface area contributed by atoms with Crippen molar-refractivity contribution in [3.8, 4) is 0 Å². The molecule has 0 N–H and O–H groups in total. The Kier molecular flexibility index (Phi) is 5.02. The van der Waals surface area contributed by atoms with Crippen molar-refractivity contribution in [1.82, 2.24) is 0 Å². The molecule has 1 aromatic rings. The van der Waals surface area contributed by atoms with Crippen molar-refractivity contribution in [2.45, 2.75) is 44.8 Å². The molecule has 1 aliphatic heterocycles. The van der Waals surface area contributed by atoms with E-state index < -0.39 is 0 Å². The van der Waals surface area contributed by atoms with Gasteiger partial charge in [0.25, 0.3) is 0 Å². The van der Waals surface area contributed by atoms with Gasteiger partial charge in [0.1, 0.15) is 0 Å². The first kappa shape index (κ1) is 12.6. The average molecular weight is 234 g/mol. The maximum Gasteiger partial charge on any atom is 0.164 e. The molecule has 0 spiro atoms. The molecule has 1 fully saturated rings. The maximum atomic E-state index is 5.86. The number of hydrogen-bond acceptors (Lipinski definition) is 2. The largest absolute Gasteiger partial charge is 0.352 e. The van der Waals surface area contributed by atoms with Crippen LogP contribution in [0.25, 0.3) is 0 Å². The summed E-state index contributed by atoms with van der Waals surface area (Å²) in [6, 6.07) is 10.5. The summed E-state index contributed by atoms with van der Waals surface area (Å²) in [4.78, 5) is 0. The van der Waals surface area contributed by atoms with Crippen LogP contribution in [0.5, 0.6) is 0 Å². The van der Waals surface area contributed by atoms with Gasteiger partial charge in [-0.25, -0.2) is 0 Å². The zero-order valence-electron chi connectivity index (χ0n) is 10.6. The van der Waals surface area contributed by atoms with Crippen LogP contribution in [-0.2, 0) is 9.47 Å². The van der Waals surface area contributed by atoms with E-state index in [9.17, 15) is 0 Å².